The lowest BCUT2D eigenvalue weighted by Crippen LogP contribution is -2.39. The zero-order valence-corrected chi connectivity index (χ0v) is 15.5. The number of nitrogens with one attached hydrogen (secondary N) is 1. The summed E-state index contributed by atoms with van der Waals surface area (Å²) >= 11 is 3.57. The molecule has 0 atom stereocenters. The van der Waals surface area contributed by atoms with E-state index in [1.54, 1.807) is 0 Å². The van der Waals surface area contributed by atoms with E-state index in [0.717, 1.165) is 49.5 Å². The summed E-state index contributed by atoms with van der Waals surface area (Å²) in [6.07, 6.45) is 2.22. The first-order valence-electron chi connectivity index (χ1n) is 8.12. The number of benzene rings is 1. The number of carbonyl (C=O) groups excluding carboxylic acids is 1. The minimum atomic E-state index is 0.118. The molecule has 0 aliphatic carbocycles. The Labute approximate surface area is 146 Å². The van der Waals surface area contributed by atoms with Crippen molar-refractivity contribution in [2.24, 2.45) is 4.99 Å². The summed E-state index contributed by atoms with van der Waals surface area (Å²) in [4.78, 5) is 20.6. The van der Waals surface area contributed by atoms with Crippen molar-refractivity contribution in [3.8, 4) is 0 Å². The number of carbonyl (C=O) groups is 1. The molecule has 23 heavy (non-hydrogen) atoms. The van der Waals surface area contributed by atoms with Crippen LogP contribution in [0.5, 0.6) is 0 Å². The molecule has 0 unspecified atom stereocenters. The molecule has 1 aliphatic heterocycles. The normalized spacial score (nSPS) is 14.9. The van der Waals surface area contributed by atoms with Crippen LogP contribution in [0.1, 0.15) is 25.3 Å². The SMILES string of the molecule is CCNC(=NCC(=O)N1CCCC1)N(C)Cc1ccccc1Br. The molecule has 1 heterocycles. The molecule has 1 amide bonds. The number of rotatable bonds is 5. The van der Waals surface area contributed by atoms with Crippen molar-refractivity contribution in [2.45, 2.75) is 26.3 Å². The Morgan fingerprint density at radius 2 is 2.04 bits per heavy atom. The fraction of sp³-hybridized carbons (Fsp3) is 0.529. The van der Waals surface area contributed by atoms with Crippen LogP contribution in [0.4, 0.5) is 0 Å². The van der Waals surface area contributed by atoms with E-state index < -0.39 is 0 Å². The van der Waals surface area contributed by atoms with Crippen LogP contribution in [0.2, 0.25) is 0 Å². The maximum Gasteiger partial charge on any atom is 0.244 e. The van der Waals surface area contributed by atoms with E-state index in [0.29, 0.717) is 0 Å². The molecule has 1 N–H and O–H groups in total. The predicted molar refractivity (Wildman–Crippen MR) is 97.4 cm³/mol. The zero-order valence-electron chi connectivity index (χ0n) is 13.9. The first-order chi connectivity index (χ1) is 11.1. The lowest BCUT2D eigenvalue weighted by molar-refractivity contribution is -0.128. The molecular formula is C17H25BrN4O. The lowest BCUT2D eigenvalue weighted by Gasteiger charge is -2.23. The van der Waals surface area contributed by atoms with E-state index >= 15 is 0 Å². The predicted octanol–water partition coefficient (Wildman–Crippen LogP) is 2.47. The van der Waals surface area contributed by atoms with Crippen LogP contribution in [0.25, 0.3) is 0 Å². The highest BCUT2D eigenvalue weighted by atomic mass is 79.9. The lowest BCUT2D eigenvalue weighted by atomic mass is 10.2. The van der Waals surface area contributed by atoms with E-state index in [9.17, 15) is 4.79 Å². The maximum absolute atomic E-state index is 12.2. The summed E-state index contributed by atoms with van der Waals surface area (Å²) in [5.74, 6) is 0.878. The van der Waals surface area contributed by atoms with Crippen LogP contribution in [0.3, 0.4) is 0 Å². The van der Waals surface area contributed by atoms with Gasteiger partial charge in [-0.05, 0) is 31.4 Å². The van der Waals surface area contributed by atoms with Gasteiger partial charge < -0.3 is 15.1 Å². The van der Waals surface area contributed by atoms with Crippen molar-refractivity contribution in [3.63, 3.8) is 0 Å². The Bertz CT molecular complexity index is 555. The molecule has 1 aromatic carbocycles. The van der Waals surface area contributed by atoms with Crippen molar-refractivity contribution in [1.82, 2.24) is 15.1 Å². The first kappa shape index (κ1) is 17.8. The molecule has 0 radical (unpaired) electrons. The number of aliphatic imine (C=N–C) groups is 1. The summed E-state index contributed by atoms with van der Waals surface area (Å²) in [5, 5.41) is 3.26. The third-order valence-electron chi connectivity index (χ3n) is 3.88. The molecule has 1 fully saturated rings. The Morgan fingerprint density at radius 3 is 2.70 bits per heavy atom. The molecule has 0 aromatic heterocycles. The van der Waals surface area contributed by atoms with Gasteiger partial charge in [0.25, 0.3) is 0 Å². The topological polar surface area (TPSA) is 47.9 Å². The molecule has 126 valence electrons. The Balaban J connectivity index is 1.99. The third-order valence-corrected chi connectivity index (χ3v) is 4.66. The van der Waals surface area contributed by atoms with Crippen LogP contribution in [-0.4, -0.2) is 54.9 Å². The quantitative estimate of drug-likeness (QED) is 0.630. The van der Waals surface area contributed by atoms with Gasteiger partial charge in [-0.25, -0.2) is 4.99 Å². The average Bonchev–Trinajstić information content (AvgIpc) is 3.07. The molecule has 0 saturated carbocycles. The van der Waals surface area contributed by atoms with Crippen molar-refractivity contribution in [2.75, 3.05) is 33.2 Å². The van der Waals surface area contributed by atoms with Crippen molar-refractivity contribution in [3.05, 3.63) is 34.3 Å². The Kier molecular flexibility index (Phi) is 6.89. The highest BCUT2D eigenvalue weighted by Gasteiger charge is 2.17. The highest BCUT2D eigenvalue weighted by molar-refractivity contribution is 9.10. The van der Waals surface area contributed by atoms with Gasteiger partial charge in [0.2, 0.25) is 5.91 Å². The summed E-state index contributed by atoms with van der Waals surface area (Å²) in [5.41, 5.74) is 1.19. The first-order valence-corrected chi connectivity index (χ1v) is 8.91. The van der Waals surface area contributed by atoms with Gasteiger partial charge in [0.15, 0.2) is 5.96 Å². The summed E-state index contributed by atoms with van der Waals surface area (Å²) < 4.78 is 1.08. The largest absolute Gasteiger partial charge is 0.357 e. The molecule has 1 aliphatic rings. The average molecular weight is 381 g/mol. The second kappa shape index (κ2) is 8.91. The zero-order chi connectivity index (χ0) is 16.7. The minimum absolute atomic E-state index is 0.118. The third kappa shape index (κ3) is 5.23. The standard InChI is InChI=1S/C17H25BrN4O/c1-3-19-17(20-12-16(23)22-10-6-7-11-22)21(2)13-14-8-4-5-9-15(14)18/h4-5,8-9H,3,6-7,10-13H2,1-2H3,(H,19,20). The molecular weight excluding hydrogens is 356 g/mol. The number of amides is 1. The van der Waals surface area contributed by atoms with Gasteiger partial charge in [0, 0.05) is 37.7 Å². The van der Waals surface area contributed by atoms with Gasteiger partial charge in [-0.2, -0.15) is 0 Å². The van der Waals surface area contributed by atoms with Gasteiger partial charge >= 0.3 is 0 Å². The van der Waals surface area contributed by atoms with Gasteiger partial charge in [0.05, 0.1) is 0 Å². The molecule has 1 saturated heterocycles. The Morgan fingerprint density at radius 1 is 1.35 bits per heavy atom. The van der Waals surface area contributed by atoms with Crippen LogP contribution in [0, 0.1) is 0 Å². The maximum atomic E-state index is 12.2. The molecule has 5 nitrogen and oxygen atoms in total. The number of likely N-dealkylation sites (tertiary alicyclic amines) is 1. The van der Waals surface area contributed by atoms with Crippen molar-refractivity contribution >= 4 is 27.8 Å². The number of guanidine groups is 1. The molecule has 6 heteroatoms. The summed E-state index contributed by atoms with van der Waals surface area (Å²) in [7, 11) is 1.99. The van der Waals surface area contributed by atoms with E-state index in [4.69, 9.17) is 0 Å². The number of hydrogen-bond donors (Lipinski definition) is 1. The number of hydrogen-bond acceptors (Lipinski definition) is 2. The minimum Gasteiger partial charge on any atom is -0.357 e. The fourth-order valence-corrected chi connectivity index (χ4v) is 3.05. The van der Waals surface area contributed by atoms with Crippen molar-refractivity contribution < 1.29 is 4.79 Å². The van der Waals surface area contributed by atoms with Crippen molar-refractivity contribution in [1.29, 1.82) is 0 Å². The fourth-order valence-electron chi connectivity index (χ4n) is 2.64. The molecule has 1 aromatic rings. The van der Waals surface area contributed by atoms with Gasteiger partial charge in [-0.15, -0.1) is 0 Å². The molecule has 0 bridgehead atoms. The van der Waals surface area contributed by atoms with Gasteiger partial charge in [0.1, 0.15) is 6.54 Å². The van der Waals surface area contributed by atoms with E-state index in [1.807, 2.05) is 42.0 Å². The second-order valence-corrected chi connectivity index (χ2v) is 6.56. The monoisotopic (exact) mass is 380 g/mol. The van der Waals surface area contributed by atoms with Crippen LogP contribution in [-0.2, 0) is 11.3 Å². The highest BCUT2D eigenvalue weighted by Crippen LogP contribution is 2.17. The van der Waals surface area contributed by atoms with E-state index in [1.165, 1.54) is 5.56 Å². The smallest absolute Gasteiger partial charge is 0.244 e. The summed E-state index contributed by atoms with van der Waals surface area (Å²) in [6, 6.07) is 8.14. The second-order valence-electron chi connectivity index (χ2n) is 5.71. The van der Waals surface area contributed by atoms with E-state index in [2.05, 4.69) is 32.3 Å². The summed E-state index contributed by atoms with van der Waals surface area (Å²) in [6.45, 7) is 5.49. The van der Waals surface area contributed by atoms with Crippen LogP contribution in [0.15, 0.2) is 33.7 Å². The number of halogens is 1. The van der Waals surface area contributed by atoms with Gasteiger partial charge in [-0.1, -0.05) is 34.1 Å². The van der Waals surface area contributed by atoms with E-state index in [-0.39, 0.29) is 12.5 Å². The van der Waals surface area contributed by atoms with Crippen LogP contribution >= 0.6 is 15.9 Å². The molecule has 0 spiro atoms. The number of nitrogens with zero attached hydrogens (tertiary/aromatic N) is 3. The van der Waals surface area contributed by atoms with Crippen LogP contribution < -0.4 is 5.32 Å². The molecule has 2 rings (SSSR count). The van der Waals surface area contributed by atoms with Gasteiger partial charge in [-0.3, -0.25) is 4.79 Å². The Hall–Kier alpha value is -1.56.